The van der Waals surface area contributed by atoms with Crippen molar-refractivity contribution in [3.8, 4) is 0 Å². The molecule has 0 spiro atoms. The number of halogens is 3. The van der Waals surface area contributed by atoms with Crippen LogP contribution >= 0.6 is 0 Å². The largest absolute Gasteiger partial charge is 0.206 e. The molecule has 2 atom stereocenters. The molecule has 3 heteroatoms. The highest BCUT2D eigenvalue weighted by molar-refractivity contribution is 5.54. The molecule has 37 heavy (non-hydrogen) atoms. The Bertz CT molecular complexity index is 1040. The minimum absolute atomic E-state index is 0.0462. The number of rotatable bonds is 17. The van der Waals surface area contributed by atoms with Crippen LogP contribution in [0.25, 0.3) is 0 Å². The minimum Gasteiger partial charge on any atom is -0.206 e. The zero-order chi connectivity index (χ0) is 28.9. The van der Waals surface area contributed by atoms with Crippen LogP contribution in [0.1, 0.15) is 60.3 Å². The van der Waals surface area contributed by atoms with E-state index in [0.29, 0.717) is 23.3 Å². The minimum atomic E-state index is -1.15. The fourth-order valence-corrected chi connectivity index (χ4v) is 3.21. The molecule has 0 aliphatic rings. The third-order valence-electron chi connectivity index (χ3n) is 6.48. The van der Waals surface area contributed by atoms with Gasteiger partial charge in [-0.1, -0.05) is 104 Å². The van der Waals surface area contributed by atoms with Crippen molar-refractivity contribution in [2.45, 2.75) is 60.3 Å². The number of allylic oxidation sites excluding steroid dienone is 15. The Morgan fingerprint density at radius 2 is 1.27 bits per heavy atom. The van der Waals surface area contributed by atoms with Crippen molar-refractivity contribution in [3.05, 3.63) is 133 Å². The first-order valence-electron chi connectivity index (χ1n) is 12.7. The smallest absolute Gasteiger partial charge is 0.166 e. The van der Waals surface area contributed by atoms with Crippen molar-refractivity contribution in [1.29, 1.82) is 0 Å². The van der Waals surface area contributed by atoms with Gasteiger partial charge in [0.1, 0.15) is 5.83 Å². The van der Waals surface area contributed by atoms with E-state index >= 15 is 0 Å². The van der Waals surface area contributed by atoms with E-state index in [2.05, 4.69) is 79.8 Å². The molecule has 0 fully saturated rings. The summed E-state index contributed by atoms with van der Waals surface area (Å²) in [6, 6.07) is 0. The predicted octanol–water partition coefficient (Wildman–Crippen LogP) is 11.5. The molecule has 2 unspecified atom stereocenters. The van der Waals surface area contributed by atoms with Crippen molar-refractivity contribution in [1.82, 2.24) is 0 Å². The van der Waals surface area contributed by atoms with Gasteiger partial charge in [-0.25, -0.2) is 13.2 Å². The van der Waals surface area contributed by atoms with Crippen LogP contribution in [0.5, 0.6) is 0 Å². The van der Waals surface area contributed by atoms with Gasteiger partial charge in [0.05, 0.1) is 0 Å². The molecule has 0 aromatic rings. The summed E-state index contributed by atoms with van der Waals surface area (Å²) in [4.78, 5) is 0. The Morgan fingerprint density at radius 1 is 0.730 bits per heavy atom. The quantitative estimate of drug-likeness (QED) is 0.135. The molecule has 0 saturated carbocycles. The summed E-state index contributed by atoms with van der Waals surface area (Å²) in [6.07, 6.45) is 11.1. The standard InChI is InChI=1S/C34H45F3/c1-13-14-28(9)33(36)34(37)31(12)27(8)20-19-26(7)30(11)32(35)21-29(10)25(6)18-17-24(5)23(4)16-15-22(2)3/h13,18-24H,1,7-12,14-17H2,2-6H3/b20-19-,25-18+,32-21+,34-33-. The number of hydrogen-bond acceptors (Lipinski definition) is 0. The lowest BCUT2D eigenvalue weighted by Crippen LogP contribution is -2.08. The zero-order valence-corrected chi connectivity index (χ0v) is 23.5. The Kier molecular flexibility index (Phi) is 15.3. The van der Waals surface area contributed by atoms with Gasteiger partial charge in [0.25, 0.3) is 0 Å². The highest BCUT2D eigenvalue weighted by atomic mass is 19.2. The van der Waals surface area contributed by atoms with Crippen LogP contribution < -0.4 is 0 Å². The van der Waals surface area contributed by atoms with Crippen LogP contribution in [0.2, 0.25) is 0 Å². The Balaban J connectivity index is 5.21. The Hall–Kier alpha value is -3.07. The summed E-state index contributed by atoms with van der Waals surface area (Å²) in [5.74, 6) is -1.00. The van der Waals surface area contributed by atoms with Crippen LogP contribution in [-0.2, 0) is 0 Å². The van der Waals surface area contributed by atoms with Gasteiger partial charge < -0.3 is 0 Å². The maximum atomic E-state index is 14.8. The second-order valence-electron chi connectivity index (χ2n) is 10.1. The topological polar surface area (TPSA) is 0 Å². The average molecular weight is 511 g/mol. The van der Waals surface area contributed by atoms with Crippen molar-refractivity contribution in [3.63, 3.8) is 0 Å². The van der Waals surface area contributed by atoms with Crippen molar-refractivity contribution in [2.24, 2.45) is 17.8 Å². The Morgan fingerprint density at radius 3 is 1.78 bits per heavy atom. The van der Waals surface area contributed by atoms with Crippen molar-refractivity contribution >= 4 is 0 Å². The molecule has 0 saturated heterocycles. The lowest BCUT2D eigenvalue weighted by Gasteiger charge is -2.19. The molecule has 0 amide bonds. The van der Waals surface area contributed by atoms with Gasteiger partial charge in [-0.3, -0.25) is 0 Å². The summed E-state index contributed by atoms with van der Waals surface area (Å²) < 4.78 is 43.3. The molecule has 0 aromatic heterocycles. The molecule has 0 radical (unpaired) electrons. The second kappa shape index (κ2) is 16.6. The monoisotopic (exact) mass is 510 g/mol. The van der Waals surface area contributed by atoms with Gasteiger partial charge in [0.15, 0.2) is 11.7 Å². The van der Waals surface area contributed by atoms with E-state index in [1.165, 1.54) is 37.1 Å². The van der Waals surface area contributed by atoms with Gasteiger partial charge in [-0.15, -0.1) is 6.58 Å². The molecule has 0 aliphatic carbocycles. The Labute approximate surface area is 224 Å². The number of hydrogen-bond donors (Lipinski definition) is 0. The highest BCUT2D eigenvalue weighted by Crippen LogP contribution is 2.29. The fourth-order valence-electron chi connectivity index (χ4n) is 3.21. The van der Waals surface area contributed by atoms with E-state index in [1.807, 2.05) is 6.92 Å². The molecular weight excluding hydrogens is 465 g/mol. The SMILES string of the molecule is C=CCC(=C)/C(F)=C(/F)C(=C)C(=C)/C=C\C(=C)C(=C)/C(F)=C\C(=C)/C(C)=C/CC(C)C(C)CCC(C)C. The summed E-state index contributed by atoms with van der Waals surface area (Å²) >= 11 is 0. The van der Waals surface area contributed by atoms with E-state index in [9.17, 15) is 13.2 Å². The second-order valence-corrected chi connectivity index (χ2v) is 10.1. The van der Waals surface area contributed by atoms with E-state index in [0.717, 1.165) is 12.0 Å². The van der Waals surface area contributed by atoms with Crippen LogP contribution in [0.3, 0.4) is 0 Å². The van der Waals surface area contributed by atoms with Crippen LogP contribution in [0.4, 0.5) is 13.2 Å². The van der Waals surface area contributed by atoms with Gasteiger partial charge in [-0.2, -0.15) is 0 Å². The molecule has 0 bridgehead atoms. The lowest BCUT2D eigenvalue weighted by atomic mass is 9.86. The van der Waals surface area contributed by atoms with Crippen LogP contribution in [0.15, 0.2) is 133 Å². The summed E-state index contributed by atoms with van der Waals surface area (Å²) in [7, 11) is 0. The average Bonchev–Trinajstić information content (AvgIpc) is 2.86. The van der Waals surface area contributed by atoms with Gasteiger partial charge in [0, 0.05) is 11.1 Å². The van der Waals surface area contributed by atoms with Gasteiger partial charge in [-0.05, 0) is 71.5 Å². The summed E-state index contributed by atoms with van der Waals surface area (Å²) in [6.45, 7) is 36.7. The summed E-state index contributed by atoms with van der Waals surface area (Å²) in [5, 5.41) is 0. The first-order chi connectivity index (χ1) is 17.1. The first kappa shape index (κ1) is 33.9. The molecule has 0 N–H and O–H groups in total. The zero-order valence-electron chi connectivity index (χ0n) is 23.5. The molecule has 0 nitrogen and oxygen atoms in total. The fraction of sp³-hybridized carbons (Fsp3) is 0.353. The van der Waals surface area contributed by atoms with E-state index in [4.69, 9.17) is 0 Å². The lowest BCUT2D eigenvalue weighted by molar-refractivity contribution is 0.339. The molecule has 202 valence electrons. The highest BCUT2D eigenvalue weighted by Gasteiger charge is 2.15. The molecule has 0 rings (SSSR count). The van der Waals surface area contributed by atoms with E-state index in [1.54, 1.807) is 0 Å². The molecule has 0 aromatic carbocycles. The molecule has 0 aliphatic heterocycles. The van der Waals surface area contributed by atoms with Crippen LogP contribution in [-0.4, -0.2) is 0 Å². The predicted molar refractivity (Wildman–Crippen MR) is 158 cm³/mol. The molecule has 0 heterocycles. The van der Waals surface area contributed by atoms with E-state index < -0.39 is 17.5 Å². The van der Waals surface area contributed by atoms with Crippen LogP contribution in [0, 0.1) is 17.8 Å². The van der Waals surface area contributed by atoms with Crippen molar-refractivity contribution < 1.29 is 13.2 Å². The normalized spacial score (nSPS) is 14.7. The maximum Gasteiger partial charge on any atom is 0.166 e. The third-order valence-corrected chi connectivity index (χ3v) is 6.48. The van der Waals surface area contributed by atoms with E-state index in [-0.39, 0.29) is 34.3 Å². The molecular formula is C34H45F3. The van der Waals surface area contributed by atoms with Gasteiger partial charge in [0.2, 0.25) is 0 Å². The summed E-state index contributed by atoms with van der Waals surface area (Å²) in [5.41, 5.74) is 1.59. The van der Waals surface area contributed by atoms with Crippen molar-refractivity contribution in [2.75, 3.05) is 0 Å². The van der Waals surface area contributed by atoms with Gasteiger partial charge >= 0.3 is 0 Å². The third kappa shape index (κ3) is 12.1. The first-order valence-corrected chi connectivity index (χ1v) is 12.7. The maximum absolute atomic E-state index is 14.8.